The summed E-state index contributed by atoms with van der Waals surface area (Å²) in [4.78, 5) is 12.2. The number of hydrogen-bond donors (Lipinski definition) is 0. The fourth-order valence-corrected chi connectivity index (χ4v) is 3.69. The van der Waals surface area contributed by atoms with E-state index in [0.29, 0.717) is 11.1 Å². The molecule has 0 fully saturated rings. The topological polar surface area (TPSA) is 35.5 Å². The van der Waals surface area contributed by atoms with Crippen molar-refractivity contribution in [3.63, 3.8) is 0 Å². The van der Waals surface area contributed by atoms with Crippen molar-refractivity contribution in [2.24, 2.45) is 0 Å². The van der Waals surface area contributed by atoms with E-state index in [1.807, 2.05) is 67.6 Å². The standard InChI is InChI=1S/C18H18O3Se/c1-3-21-18(19)17(22-16-10-5-4-6-11-16)13-14-8-7-9-15(12-14)20-2/h4-13H,3H2,1-2H3/b17-13-. The molecule has 4 heteroatoms. The molecule has 0 atom stereocenters. The maximum atomic E-state index is 12.2. The Balaban J connectivity index is 2.30. The number of methoxy groups -OCH3 is 1. The van der Waals surface area contributed by atoms with Gasteiger partial charge in [-0.25, -0.2) is 0 Å². The molecule has 0 aliphatic heterocycles. The molecule has 0 saturated carbocycles. The molecule has 114 valence electrons. The molecule has 2 rings (SSSR count). The van der Waals surface area contributed by atoms with E-state index < -0.39 is 0 Å². The Bertz CT molecular complexity index is 650. The van der Waals surface area contributed by atoms with Gasteiger partial charge in [0.2, 0.25) is 0 Å². The molecule has 0 saturated heterocycles. The van der Waals surface area contributed by atoms with E-state index in [1.165, 1.54) is 0 Å². The molecular weight excluding hydrogens is 343 g/mol. The van der Waals surface area contributed by atoms with Gasteiger partial charge in [-0.15, -0.1) is 0 Å². The Labute approximate surface area is 137 Å². The second-order valence-corrected chi connectivity index (χ2v) is 6.76. The van der Waals surface area contributed by atoms with Crippen molar-refractivity contribution < 1.29 is 14.3 Å². The molecule has 0 heterocycles. The molecule has 0 spiro atoms. The molecule has 22 heavy (non-hydrogen) atoms. The molecule has 0 amide bonds. The van der Waals surface area contributed by atoms with Crippen LogP contribution in [0.25, 0.3) is 6.08 Å². The van der Waals surface area contributed by atoms with Crippen molar-refractivity contribution in [3.8, 4) is 5.75 Å². The summed E-state index contributed by atoms with van der Waals surface area (Å²) >= 11 is -0.101. The number of ether oxygens (including phenoxy) is 2. The van der Waals surface area contributed by atoms with Gasteiger partial charge in [-0.3, -0.25) is 0 Å². The first-order valence-corrected chi connectivity index (χ1v) is 8.70. The second kappa shape index (κ2) is 8.42. The fourth-order valence-electron chi connectivity index (χ4n) is 1.83. The normalized spacial score (nSPS) is 11.1. The van der Waals surface area contributed by atoms with Crippen LogP contribution in [-0.2, 0) is 9.53 Å². The van der Waals surface area contributed by atoms with Crippen LogP contribution in [0.3, 0.4) is 0 Å². The van der Waals surface area contributed by atoms with Crippen molar-refractivity contribution in [1.29, 1.82) is 0 Å². The van der Waals surface area contributed by atoms with Crippen molar-refractivity contribution in [2.75, 3.05) is 13.7 Å². The van der Waals surface area contributed by atoms with Crippen LogP contribution >= 0.6 is 0 Å². The van der Waals surface area contributed by atoms with Crippen LogP contribution in [0.5, 0.6) is 5.75 Å². The van der Waals surface area contributed by atoms with Gasteiger partial charge in [0.1, 0.15) is 0 Å². The summed E-state index contributed by atoms with van der Waals surface area (Å²) in [6.07, 6.45) is 1.88. The third-order valence-electron chi connectivity index (χ3n) is 2.84. The van der Waals surface area contributed by atoms with Gasteiger partial charge in [-0.1, -0.05) is 0 Å². The second-order valence-electron chi connectivity index (χ2n) is 4.42. The Morgan fingerprint density at radius 2 is 1.91 bits per heavy atom. The average molecular weight is 361 g/mol. The minimum atomic E-state index is -0.255. The van der Waals surface area contributed by atoms with Crippen LogP contribution in [0.2, 0.25) is 0 Å². The van der Waals surface area contributed by atoms with Gasteiger partial charge in [0.15, 0.2) is 0 Å². The number of rotatable bonds is 6. The van der Waals surface area contributed by atoms with Crippen LogP contribution in [0.4, 0.5) is 0 Å². The zero-order valence-corrected chi connectivity index (χ0v) is 14.3. The van der Waals surface area contributed by atoms with Crippen molar-refractivity contribution in [3.05, 3.63) is 64.6 Å². The van der Waals surface area contributed by atoms with Gasteiger partial charge < -0.3 is 0 Å². The van der Waals surface area contributed by atoms with E-state index in [0.717, 1.165) is 15.8 Å². The van der Waals surface area contributed by atoms with Crippen LogP contribution in [0, 0.1) is 0 Å². The summed E-state index contributed by atoms with van der Waals surface area (Å²) in [5, 5.41) is 0. The molecule has 0 aliphatic carbocycles. The van der Waals surface area contributed by atoms with Gasteiger partial charge in [0.25, 0.3) is 0 Å². The molecule has 2 aromatic carbocycles. The molecular formula is C18H18O3Se. The quantitative estimate of drug-likeness (QED) is 0.451. The Kier molecular flexibility index (Phi) is 6.26. The number of carbonyl (C=O) groups excluding carboxylic acids is 1. The molecule has 0 unspecified atom stereocenters. The van der Waals surface area contributed by atoms with Gasteiger partial charge in [-0.2, -0.15) is 0 Å². The van der Waals surface area contributed by atoms with Gasteiger partial charge in [-0.05, 0) is 0 Å². The number of esters is 1. The van der Waals surface area contributed by atoms with Crippen molar-refractivity contribution in [1.82, 2.24) is 0 Å². The summed E-state index contributed by atoms with van der Waals surface area (Å²) in [7, 11) is 1.63. The first kappa shape index (κ1) is 16.3. The third-order valence-corrected chi connectivity index (χ3v) is 4.96. The predicted octanol–water partition coefficient (Wildman–Crippen LogP) is 2.63. The summed E-state index contributed by atoms with van der Waals surface area (Å²) < 4.78 is 12.2. The van der Waals surface area contributed by atoms with Crippen LogP contribution in [0.15, 0.2) is 59.1 Å². The first-order chi connectivity index (χ1) is 10.7. The monoisotopic (exact) mass is 362 g/mol. The Morgan fingerprint density at radius 1 is 1.14 bits per heavy atom. The predicted molar refractivity (Wildman–Crippen MR) is 89.4 cm³/mol. The number of hydrogen-bond acceptors (Lipinski definition) is 3. The molecule has 0 aromatic heterocycles. The molecule has 3 nitrogen and oxygen atoms in total. The summed E-state index contributed by atoms with van der Waals surface area (Å²) in [6.45, 7) is 2.19. The molecule has 2 aromatic rings. The molecule has 0 aliphatic rings. The average Bonchev–Trinajstić information content (AvgIpc) is 2.55. The van der Waals surface area contributed by atoms with Gasteiger partial charge >= 0.3 is 137 Å². The van der Waals surface area contributed by atoms with Crippen molar-refractivity contribution in [2.45, 2.75) is 6.92 Å². The molecule has 0 N–H and O–H groups in total. The summed E-state index contributed by atoms with van der Waals surface area (Å²) in [6, 6.07) is 17.6. The van der Waals surface area contributed by atoms with Gasteiger partial charge in [0, 0.05) is 0 Å². The minimum absolute atomic E-state index is 0.101. The number of benzene rings is 2. The summed E-state index contributed by atoms with van der Waals surface area (Å²) in [5.41, 5.74) is 0.931. The SMILES string of the molecule is CCOC(=O)/C(=C/c1cccc(OC)c1)[Se]c1ccccc1. The van der Waals surface area contributed by atoms with E-state index in [9.17, 15) is 4.79 Å². The first-order valence-electron chi connectivity index (χ1n) is 6.98. The maximum absolute atomic E-state index is 12.2. The fraction of sp³-hybridized carbons (Fsp3) is 0.167. The van der Waals surface area contributed by atoms with E-state index in [-0.39, 0.29) is 20.9 Å². The van der Waals surface area contributed by atoms with E-state index in [4.69, 9.17) is 9.47 Å². The third kappa shape index (κ3) is 4.76. The Morgan fingerprint density at radius 3 is 2.59 bits per heavy atom. The number of carbonyl (C=O) groups is 1. The van der Waals surface area contributed by atoms with Crippen LogP contribution < -0.4 is 9.20 Å². The van der Waals surface area contributed by atoms with Crippen LogP contribution in [-0.4, -0.2) is 34.6 Å². The van der Waals surface area contributed by atoms with E-state index >= 15 is 0 Å². The zero-order chi connectivity index (χ0) is 15.8. The van der Waals surface area contributed by atoms with E-state index in [2.05, 4.69) is 0 Å². The van der Waals surface area contributed by atoms with E-state index in [1.54, 1.807) is 7.11 Å². The zero-order valence-electron chi connectivity index (χ0n) is 12.6. The molecule has 0 radical (unpaired) electrons. The summed E-state index contributed by atoms with van der Waals surface area (Å²) in [5.74, 6) is 0.512. The Hall–Kier alpha value is -2.03. The van der Waals surface area contributed by atoms with Gasteiger partial charge in [0.05, 0.1) is 0 Å². The van der Waals surface area contributed by atoms with Crippen LogP contribution in [0.1, 0.15) is 12.5 Å². The van der Waals surface area contributed by atoms with Crippen molar-refractivity contribution >= 4 is 31.5 Å². The molecule has 0 bridgehead atoms.